The first-order valence-electron chi connectivity index (χ1n) is 7.83. The van der Waals surface area contributed by atoms with Gasteiger partial charge in [-0.15, -0.1) is 0 Å². The number of aryl methyl sites for hydroxylation is 2. The van der Waals surface area contributed by atoms with Crippen LogP contribution in [0, 0.1) is 6.92 Å². The zero-order valence-corrected chi connectivity index (χ0v) is 13.5. The number of carbonyl (C=O) groups excluding carboxylic acids is 1. The number of amides is 1. The third-order valence-corrected chi connectivity index (χ3v) is 3.62. The monoisotopic (exact) mass is 292 g/mol. The van der Waals surface area contributed by atoms with Gasteiger partial charge in [0.05, 0.1) is 13.2 Å². The van der Waals surface area contributed by atoms with E-state index >= 15 is 0 Å². The predicted octanol–water partition coefficient (Wildman–Crippen LogP) is 2.59. The van der Waals surface area contributed by atoms with Gasteiger partial charge in [0.25, 0.3) is 0 Å². The van der Waals surface area contributed by atoms with Crippen molar-refractivity contribution in [3.63, 3.8) is 0 Å². The molecule has 4 heteroatoms. The summed E-state index contributed by atoms with van der Waals surface area (Å²) in [5.41, 5.74) is 3.18. The lowest BCUT2D eigenvalue weighted by Gasteiger charge is -2.21. The molecule has 4 nitrogen and oxygen atoms in total. The molecule has 0 aliphatic rings. The maximum absolute atomic E-state index is 12.2. The Morgan fingerprint density at radius 2 is 2.05 bits per heavy atom. The first kappa shape index (κ1) is 17.7. The number of aliphatic hydroxyl groups is 1. The molecule has 0 aliphatic carbocycles. The van der Waals surface area contributed by atoms with Crippen molar-refractivity contribution >= 4 is 11.6 Å². The Hall–Kier alpha value is -1.39. The summed E-state index contributed by atoms with van der Waals surface area (Å²) < 4.78 is 0. The highest BCUT2D eigenvalue weighted by Crippen LogP contribution is 2.20. The van der Waals surface area contributed by atoms with Gasteiger partial charge in [0.1, 0.15) is 0 Å². The quantitative estimate of drug-likeness (QED) is 0.735. The van der Waals surface area contributed by atoms with Gasteiger partial charge in [-0.25, -0.2) is 0 Å². The number of nitrogens with one attached hydrogen (secondary N) is 1. The molecule has 0 saturated heterocycles. The largest absolute Gasteiger partial charge is 0.395 e. The zero-order chi connectivity index (χ0) is 15.7. The van der Waals surface area contributed by atoms with E-state index in [4.69, 9.17) is 5.11 Å². The summed E-state index contributed by atoms with van der Waals surface area (Å²) in [6.07, 6.45) is 3.02. The van der Waals surface area contributed by atoms with E-state index in [2.05, 4.69) is 19.2 Å². The van der Waals surface area contributed by atoms with E-state index in [9.17, 15) is 4.79 Å². The predicted molar refractivity (Wildman–Crippen MR) is 87.6 cm³/mol. The van der Waals surface area contributed by atoms with E-state index in [0.717, 1.165) is 42.6 Å². The Balaban J connectivity index is 2.67. The number of carbonyl (C=O) groups is 1. The second-order valence-corrected chi connectivity index (χ2v) is 5.36. The van der Waals surface area contributed by atoms with Crippen LogP contribution in [-0.2, 0) is 11.2 Å². The van der Waals surface area contributed by atoms with Crippen LogP contribution in [-0.4, -0.2) is 42.2 Å². The molecule has 0 saturated carbocycles. The van der Waals surface area contributed by atoms with Crippen molar-refractivity contribution in [1.29, 1.82) is 0 Å². The molecule has 0 atom stereocenters. The highest BCUT2D eigenvalue weighted by atomic mass is 16.3. The summed E-state index contributed by atoms with van der Waals surface area (Å²) in [5, 5.41) is 12.1. The number of para-hydroxylation sites is 1. The molecule has 0 spiro atoms. The number of hydrogen-bond donors (Lipinski definition) is 2. The number of unbranched alkanes of at least 4 members (excludes halogenated alkanes) is 1. The molecule has 1 aromatic rings. The molecule has 1 rings (SSSR count). The molecule has 0 fully saturated rings. The van der Waals surface area contributed by atoms with Crippen LogP contribution in [0.4, 0.5) is 5.69 Å². The molecule has 0 aromatic heterocycles. The Labute approximate surface area is 128 Å². The summed E-state index contributed by atoms with van der Waals surface area (Å²) in [6.45, 7) is 8.03. The summed E-state index contributed by atoms with van der Waals surface area (Å²) in [5.74, 6) is -0.0106. The molecular formula is C17H28N2O2. The molecule has 118 valence electrons. The average molecular weight is 292 g/mol. The van der Waals surface area contributed by atoms with Crippen molar-refractivity contribution in [2.75, 3.05) is 31.6 Å². The topological polar surface area (TPSA) is 52.6 Å². The van der Waals surface area contributed by atoms with Crippen LogP contribution in [0.25, 0.3) is 0 Å². The minimum atomic E-state index is -0.0106. The third kappa shape index (κ3) is 5.86. The maximum atomic E-state index is 12.2. The van der Waals surface area contributed by atoms with Crippen LogP contribution in [0.2, 0.25) is 0 Å². The number of anilines is 1. The fourth-order valence-corrected chi connectivity index (χ4v) is 2.38. The summed E-state index contributed by atoms with van der Waals surface area (Å²) in [6, 6.07) is 6.08. The van der Waals surface area contributed by atoms with Gasteiger partial charge < -0.3 is 10.4 Å². The van der Waals surface area contributed by atoms with Crippen LogP contribution < -0.4 is 5.32 Å². The molecule has 0 radical (unpaired) electrons. The van der Waals surface area contributed by atoms with Gasteiger partial charge in [-0.3, -0.25) is 9.69 Å². The highest BCUT2D eigenvalue weighted by molar-refractivity contribution is 5.93. The van der Waals surface area contributed by atoms with Crippen molar-refractivity contribution in [2.45, 2.75) is 40.0 Å². The smallest absolute Gasteiger partial charge is 0.238 e. The van der Waals surface area contributed by atoms with Crippen LogP contribution in [0.3, 0.4) is 0 Å². The fourth-order valence-electron chi connectivity index (χ4n) is 2.38. The van der Waals surface area contributed by atoms with Crippen molar-refractivity contribution in [3.05, 3.63) is 29.3 Å². The Bertz CT molecular complexity index is 446. The molecule has 0 bridgehead atoms. The van der Waals surface area contributed by atoms with E-state index in [1.165, 1.54) is 0 Å². The number of benzene rings is 1. The fraction of sp³-hybridized carbons (Fsp3) is 0.588. The van der Waals surface area contributed by atoms with Gasteiger partial charge in [0.2, 0.25) is 5.91 Å². The van der Waals surface area contributed by atoms with Gasteiger partial charge in [0.15, 0.2) is 0 Å². The van der Waals surface area contributed by atoms with E-state index in [1.807, 2.05) is 30.0 Å². The molecular weight excluding hydrogens is 264 g/mol. The second-order valence-electron chi connectivity index (χ2n) is 5.36. The Morgan fingerprint density at radius 1 is 1.29 bits per heavy atom. The van der Waals surface area contributed by atoms with Gasteiger partial charge >= 0.3 is 0 Å². The van der Waals surface area contributed by atoms with Crippen molar-refractivity contribution in [1.82, 2.24) is 4.90 Å². The maximum Gasteiger partial charge on any atom is 0.238 e. The first-order valence-corrected chi connectivity index (χ1v) is 7.83. The van der Waals surface area contributed by atoms with E-state index < -0.39 is 0 Å². The average Bonchev–Trinajstić information content (AvgIpc) is 2.47. The number of aliphatic hydroxyl groups excluding tert-OH is 1. The summed E-state index contributed by atoms with van der Waals surface area (Å²) in [4.78, 5) is 14.2. The van der Waals surface area contributed by atoms with Crippen LogP contribution >= 0.6 is 0 Å². The standard InChI is InChI=1S/C17H28N2O2/c1-4-6-10-19(11-12-20)13-16(21)18-17-14(3)8-7-9-15(17)5-2/h7-9,20H,4-6,10-13H2,1-3H3,(H,18,21). The molecule has 0 heterocycles. The number of hydrogen-bond acceptors (Lipinski definition) is 3. The second kappa shape index (κ2) is 9.53. The zero-order valence-electron chi connectivity index (χ0n) is 13.5. The molecule has 0 unspecified atom stereocenters. The molecule has 2 N–H and O–H groups in total. The van der Waals surface area contributed by atoms with Crippen molar-refractivity contribution in [2.24, 2.45) is 0 Å². The van der Waals surface area contributed by atoms with E-state index in [0.29, 0.717) is 13.1 Å². The van der Waals surface area contributed by atoms with Crippen molar-refractivity contribution in [3.8, 4) is 0 Å². The highest BCUT2D eigenvalue weighted by Gasteiger charge is 2.12. The number of nitrogens with zero attached hydrogens (tertiary/aromatic N) is 1. The van der Waals surface area contributed by atoms with Gasteiger partial charge in [-0.2, -0.15) is 0 Å². The SMILES string of the molecule is CCCCN(CCO)CC(=O)Nc1c(C)cccc1CC. The van der Waals surface area contributed by atoms with Crippen LogP contribution in [0.1, 0.15) is 37.8 Å². The normalized spacial score (nSPS) is 10.9. The lowest BCUT2D eigenvalue weighted by atomic mass is 10.1. The van der Waals surface area contributed by atoms with Crippen LogP contribution in [0.5, 0.6) is 0 Å². The van der Waals surface area contributed by atoms with Gasteiger partial charge in [-0.1, -0.05) is 38.5 Å². The third-order valence-electron chi connectivity index (χ3n) is 3.62. The molecule has 1 amide bonds. The van der Waals surface area contributed by atoms with Crippen molar-refractivity contribution < 1.29 is 9.90 Å². The molecule has 1 aromatic carbocycles. The minimum Gasteiger partial charge on any atom is -0.395 e. The van der Waals surface area contributed by atoms with Gasteiger partial charge in [-0.05, 0) is 37.4 Å². The Morgan fingerprint density at radius 3 is 2.67 bits per heavy atom. The molecule has 0 aliphatic heterocycles. The number of rotatable bonds is 9. The lowest BCUT2D eigenvalue weighted by molar-refractivity contribution is -0.117. The van der Waals surface area contributed by atoms with Crippen LogP contribution in [0.15, 0.2) is 18.2 Å². The van der Waals surface area contributed by atoms with E-state index in [-0.39, 0.29) is 12.5 Å². The van der Waals surface area contributed by atoms with E-state index in [1.54, 1.807) is 0 Å². The Kier molecular flexibility index (Phi) is 8.01. The summed E-state index contributed by atoms with van der Waals surface area (Å²) in [7, 11) is 0. The lowest BCUT2D eigenvalue weighted by Crippen LogP contribution is -2.36. The first-order chi connectivity index (χ1) is 10.1. The molecule has 21 heavy (non-hydrogen) atoms. The van der Waals surface area contributed by atoms with Gasteiger partial charge in [0, 0.05) is 12.2 Å². The summed E-state index contributed by atoms with van der Waals surface area (Å²) >= 11 is 0. The minimum absolute atomic E-state index is 0.0106.